The van der Waals surface area contributed by atoms with Gasteiger partial charge in [0, 0.05) is 30.6 Å². The molecule has 0 amide bonds. The first kappa shape index (κ1) is 19.4. The summed E-state index contributed by atoms with van der Waals surface area (Å²) in [6.07, 6.45) is 4.20. The molecule has 5 atom stereocenters. The number of nitrogens with zero attached hydrogens (tertiary/aromatic N) is 2. The standard InChI is InChI=1S/C20H29N3O5/c1-11-10-23(18(26)21-16(11)24)15-9-13(22(5)28-15)17(25)27-14-8-12-6-7-20(14,4)19(12,2)3/h10,12-15H,6-9H2,1-5H3,(H,21,24,26)/t12-,13-,14+,15-,20+/m0/s1. The second-order valence-electron chi connectivity index (χ2n) is 9.37. The van der Waals surface area contributed by atoms with E-state index in [2.05, 4.69) is 25.8 Å². The van der Waals surface area contributed by atoms with E-state index in [0.717, 1.165) is 12.8 Å². The van der Waals surface area contributed by atoms with Crippen LogP contribution in [0.3, 0.4) is 0 Å². The Kier molecular flexibility index (Phi) is 4.35. The number of ether oxygens (including phenoxy) is 1. The molecule has 3 fully saturated rings. The smallest absolute Gasteiger partial charge is 0.330 e. The molecule has 1 saturated heterocycles. The van der Waals surface area contributed by atoms with Crippen molar-refractivity contribution in [2.75, 3.05) is 7.05 Å². The first-order valence-corrected chi connectivity index (χ1v) is 9.97. The maximum Gasteiger partial charge on any atom is 0.330 e. The number of rotatable bonds is 3. The summed E-state index contributed by atoms with van der Waals surface area (Å²) in [5.41, 5.74) is -0.396. The van der Waals surface area contributed by atoms with E-state index < -0.39 is 23.5 Å². The molecule has 1 aromatic heterocycles. The molecule has 3 aliphatic rings. The largest absolute Gasteiger partial charge is 0.461 e. The predicted octanol–water partition coefficient (Wildman–Crippen LogP) is 1.74. The van der Waals surface area contributed by atoms with E-state index in [1.54, 1.807) is 14.0 Å². The lowest BCUT2D eigenvalue weighted by molar-refractivity contribution is -0.189. The number of carbonyl (C=O) groups is 1. The van der Waals surface area contributed by atoms with Gasteiger partial charge in [-0.2, -0.15) is 5.06 Å². The van der Waals surface area contributed by atoms with Crippen LogP contribution in [-0.4, -0.2) is 39.8 Å². The van der Waals surface area contributed by atoms with Gasteiger partial charge in [-0.05, 0) is 37.5 Å². The van der Waals surface area contributed by atoms with Gasteiger partial charge in [0.2, 0.25) is 0 Å². The molecule has 8 nitrogen and oxygen atoms in total. The number of hydrogen-bond acceptors (Lipinski definition) is 6. The summed E-state index contributed by atoms with van der Waals surface area (Å²) in [5.74, 6) is 0.275. The van der Waals surface area contributed by atoms with Crippen molar-refractivity contribution in [2.45, 2.75) is 71.8 Å². The van der Waals surface area contributed by atoms with Gasteiger partial charge in [-0.15, -0.1) is 0 Å². The number of carbonyl (C=O) groups excluding carboxylic acids is 1. The van der Waals surface area contributed by atoms with E-state index in [0.29, 0.717) is 11.5 Å². The summed E-state index contributed by atoms with van der Waals surface area (Å²) in [5, 5.41) is 1.46. The first-order chi connectivity index (χ1) is 13.0. The van der Waals surface area contributed by atoms with Crippen LogP contribution in [0.5, 0.6) is 0 Å². The van der Waals surface area contributed by atoms with Crippen molar-refractivity contribution in [3.05, 3.63) is 32.6 Å². The lowest BCUT2D eigenvalue weighted by atomic mass is 9.70. The van der Waals surface area contributed by atoms with E-state index >= 15 is 0 Å². The number of aromatic amines is 1. The highest BCUT2D eigenvalue weighted by Crippen LogP contribution is 2.66. The number of nitrogens with one attached hydrogen (secondary N) is 1. The van der Waals surface area contributed by atoms with Crippen molar-refractivity contribution in [3.63, 3.8) is 0 Å². The fourth-order valence-corrected chi connectivity index (χ4v) is 5.38. The zero-order valence-corrected chi connectivity index (χ0v) is 17.2. The van der Waals surface area contributed by atoms with E-state index in [9.17, 15) is 14.4 Å². The quantitative estimate of drug-likeness (QED) is 0.789. The molecule has 1 aliphatic heterocycles. The number of likely N-dealkylation sites (N-methyl/N-ethyl adjacent to an activating group) is 1. The Labute approximate surface area is 163 Å². The molecule has 2 aliphatic carbocycles. The lowest BCUT2D eigenvalue weighted by Gasteiger charge is -2.38. The molecule has 8 heteroatoms. The second-order valence-corrected chi connectivity index (χ2v) is 9.37. The molecule has 154 valence electrons. The molecule has 0 aromatic carbocycles. The minimum absolute atomic E-state index is 0.00225. The fourth-order valence-electron chi connectivity index (χ4n) is 5.38. The van der Waals surface area contributed by atoms with Crippen LogP contribution in [0.15, 0.2) is 15.8 Å². The van der Waals surface area contributed by atoms with Gasteiger partial charge < -0.3 is 4.74 Å². The molecular weight excluding hydrogens is 362 g/mol. The average Bonchev–Trinajstić information content (AvgIpc) is 3.16. The Balaban J connectivity index is 1.49. The molecule has 0 unspecified atom stereocenters. The van der Waals surface area contributed by atoms with Gasteiger partial charge in [0.25, 0.3) is 5.56 Å². The molecule has 0 spiro atoms. The van der Waals surface area contributed by atoms with Gasteiger partial charge in [-0.25, -0.2) is 4.79 Å². The molecule has 2 heterocycles. The second kappa shape index (κ2) is 6.29. The van der Waals surface area contributed by atoms with Crippen LogP contribution in [0, 0.1) is 23.7 Å². The van der Waals surface area contributed by atoms with Crippen molar-refractivity contribution in [3.8, 4) is 0 Å². The summed E-state index contributed by atoms with van der Waals surface area (Å²) >= 11 is 0. The molecule has 0 radical (unpaired) electrons. The van der Waals surface area contributed by atoms with Gasteiger partial charge >= 0.3 is 11.7 Å². The van der Waals surface area contributed by atoms with Gasteiger partial charge in [-0.1, -0.05) is 20.8 Å². The highest BCUT2D eigenvalue weighted by atomic mass is 16.7. The van der Waals surface area contributed by atoms with Crippen molar-refractivity contribution < 1.29 is 14.4 Å². The number of fused-ring (bicyclic) bond motifs is 2. The fraction of sp³-hybridized carbons (Fsp3) is 0.750. The van der Waals surface area contributed by atoms with E-state index in [1.165, 1.54) is 22.2 Å². The normalized spacial score (nSPS) is 36.8. The Morgan fingerprint density at radius 3 is 2.61 bits per heavy atom. The van der Waals surface area contributed by atoms with Gasteiger partial charge in [0.1, 0.15) is 12.1 Å². The van der Waals surface area contributed by atoms with Crippen molar-refractivity contribution in [1.29, 1.82) is 0 Å². The van der Waals surface area contributed by atoms with E-state index in [4.69, 9.17) is 9.57 Å². The Morgan fingerprint density at radius 1 is 1.29 bits per heavy atom. The molecule has 2 bridgehead atoms. The molecule has 1 aromatic rings. The minimum atomic E-state index is -0.655. The zero-order valence-electron chi connectivity index (χ0n) is 17.2. The highest BCUT2D eigenvalue weighted by Gasteiger charge is 2.63. The summed E-state index contributed by atoms with van der Waals surface area (Å²) in [4.78, 5) is 44.7. The number of esters is 1. The Bertz CT molecular complexity index is 919. The predicted molar refractivity (Wildman–Crippen MR) is 101 cm³/mol. The van der Waals surface area contributed by atoms with E-state index in [-0.39, 0.29) is 29.3 Å². The molecule has 28 heavy (non-hydrogen) atoms. The van der Waals surface area contributed by atoms with Gasteiger partial charge in [0.05, 0.1) is 0 Å². The summed E-state index contributed by atoms with van der Waals surface area (Å²) < 4.78 is 7.31. The summed E-state index contributed by atoms with van der Waals surface area (Å²) in [6, 6.07) is -0.588. The van der Waals surface area contributed by atoms with Gasteiger partial charge in [0.15, 0.2) is 6.23 Å². The summed E-state index contributed by atoms with van der Waals surface area (Å²) in [6.45, 7) is 8.42. The van der Waals surface area contributed by atoms with Crippen LogP contribution in [0.4, 0.5) is 0 Å². The first-order valence-electron chi connectivity index (χ1n) is 9.97. The van der Waals surface area contributed by atoms with E-state index in [1.807, 2.05) is 0 Å². The monoisotopic (exact) mass is 391 g/mol. The van der Waals surface area contributed by atoms with Crippen LogP contribution in [0.1, 0.15) is 58.2 Å². The number of hydroxylamine groups is 2. The molecule has 1 N–H and O–H groups in total. The molecular formula is C20H29N3O5. The minimum Gasteiger partial charge on any atom is -0.461 e. The van der Waals surface area contributed by atoms with Crippen molar-refractivity contribution in [1.82, 2.24) is 14.6 Å². The number of H-pyrrole nitrogens is 1. The SMILES string of the molecule is Cc1cn([C@@H]2C[C@@H](C(=O)O[C@@H]3C[C@@H]4CC[C@@]3(C)C4(C)C)N(C)O2)c(=O)[nH]c1=O. The van der Waals surface area contributed by atoms with Crippen LogP contribution >= 0.6 is 0 Å². The number of hydrogen-bond donors (Lipinski definition) is 1. The maximum atomic E-state index is 12.9. The third-order valence-electron chi connectivity index (χ3n) is 7.85. The molecule has 4 rings (SSSR count). The van der Waals surface area contributed by atoms with Crippen LogP contribution in [0.25, 0.3) is 0 Å². The third-order valence-corrected chi connectivity index (χ3v) is 7.85. The Hall–Kier alpha value is -1.93. The zero-order chi connectivity index (χ0) is 20.4. The average molecular weight is 391 g/mol. The van der Waals surface area contributed by atoms with Gasteiger partial charge in [-0.3, -0.25) is 24.0 Å². The third kappa shape index (κ3) is 2.69. The van der Waals surface area contributed by atoms with Crippen LogP contribution in [0.2, 0.25) is 0 Å². The van der Waals surface area contributed by atoms with Crippen LogP contribution < -0.4 is 11.2 Å². The number of aromatic nitrogens is 2. The summed E-state index contributed by atoms with van der Waals surface area (Å²) in [7, 11) is 1.67. The van der Waals surface area contributed by atoms with Crippen LogP contribution in [-0.2, 0) is 14.4 Å². The maximum absolute atomic E-state index is 12.9. The van der Waals surface area contributed by atoms with Crippen molar-refractivity contribution >= 4 is 5.97 Å². The molecule has 2 saturated carbocycles. The number of aryl methyl sites for hydroxylation is 1. The van der Waals surface area contributed by atoms with Crippen molar-refractivity contribution in [2.24, 2.45) is 16.7 Å². The highest BCUT2D eigenvalue weighted by molar-refractivity contribution is 5.76. The lowest BCUT2D eigenvalue weighted by Crippen LogP contribution is -2.42. The Morgan fingerprint density at radius 2 is 2.00 bits per heavy atom. The topological polar surface area (TPSA) is 93.6 Å².